The Labute approximate surface area is 111 Å². The summed E-state index contributed by atoms with van der Waals surface area (Å²) in [5, 5.41) is 4.79. The number of benzene rings is 1. The fourth-order valence-electron chi connectivity index (χ4n) is 1.19. The van der Waals surface area contributed by atoms with Gasteiger partial charge in [0.1, 0.15) is 0 Å². The third kappa shape index (κ3) is 5.20. The lowest BCUT2D eigenvalue weighted by atomic mass is 10.1. The largest absolute Gasteiger partial charge is 0.273 e. The van der Waals surface area contributed by atoms with Crippen molar-refractivity contribution >= 4 is 35.3 Å². The molecule has 0 unspecified atom stereocenters. The highest BCUT2D eigenvalue weighted by molar-refractivity contribution is 6.42. The summed E-state index contributed by atoms with van der Waals surface area (Å²) in [7, 11) is 0. The van der Waals surface area contributed by atoms with Gasteiger partial charge in [-0.05, 0) is 23.6 Å². The number of halogens is 2. The highest BCUT2D eigenvalue weighted by atomic mass is 35.5. The highest BCUT2D eigenvalue weighted by Crippen LogP contribution is 2.21. The molecule has 0 saturated heterocycles. The van der Waals surface area contributed by atoms with E-state index in [1.165, 1.54) is 6.21 Å². The number of amides is 1. The molecule has 5 heteroatoms. The third-order valence-corrected chi connectivity index (χ3v) is 2.68. The van der Waals surface area contributed by atoms with Crippen LogP contribution in [0.5, 0.6) is 0 Å². The van der Waals surface area contributed by atoms with Crippen LogP contribution < -0.4 is 5.43 Å². The normalized spacial score (nSPS) is 11.1. The summed E-state index contributed by atoms with van der Waals surface area (Å²) in [5.74, 6) is 0.214. The molecule has 0 spiro atoms. The molecule has 0 fully saturated rings. The lowest BCUT2D eigenvalue weighted by Gasteiger charge is -2.02. The lowest BCUT2D eigenvalue weighted by molar-refractivity contribution is -0.121. The van der Waals surface area contributed by atoms with Crippen LogP contribution in [0.2, 0.25) is 10.0 Å². The van der Waals surface area contributed by atoms with Crippen molar-refractivity contribution in [3.63, 3.8) is 0 Å². The second kappa shape index (κ2) is 6.62. The molecule has 0 bridgehead atoms. The molecule has 0 saturated carbocycles. The Bertz CT molecular complexity index is 431. The Hall–Kier alpha value is -1.06. The minimum absolute atomic E-state index is 0.101. The summed E-state index contributed by atoms with van der Waals surface area (Å²) in [6.45, 7) is 3.95. The molecule has 1 amide bonds. The van der Waals surface area contributed by atoms with Crippen molar-refractivity contribution in [1.82, 2.24) is 5.43 Å². The molecule has 0 aliphatic rings. The molecule has 0 aromatic heterocycles. The van der Waals surface area contributed by atoms with Gasteiger partial charge < -0.3 is 0 Å². The standard InChI is InChI=1S/C12H14Cl2N2O/c1-8(2)5-12(17)16-15-7-9-3-4-10(13)11(14)6-9/h3-4,6-8H,5H2,1-2H3,(H,16,17)/b15-7-. The first-order chi connectivity index (χ1) is 7.99. The fraction of sp³-hybridized carbons (Fsp3) is 0.333. The SMILES string of the molecule is CC(C)CC(=O)N/N=C\c1ccc(Cl)c(Cl)c1. The van der Waals surface area contributed by atoms with Gasteiger partial charge >= 0.3 is 0 Å². The zero-order valence-corrected chi connectivity index (χ0v) is 11.2. The molecule has 0 heterocycles. The number of hydrogen-bond acceptors (Lipinski definition) is 2. The number of nitrogens with one attached hydrogen (secondary N) is 1. The van der Waals surface area contributed by atoms with Gasteiger partial charge in [-0.1, -0.05) is 43.1 Å². The van der Waals surface area contributed by atoms with Crippen molar-refractivity contribution < 1.29 is 4.79 Å². The predicted octanol–water partition coefficient (Wildman–Crippen LogP) is 3.49. The van der Waals surface area contributed by atoms with Gasteiger partial charge in [0.15, 0.2) is 0 Å². The van der Waals surface area contributed by atoms with Crippen LogP contribution in [0.15, 0.2) is 23.3 Å². The van der Waals surface area contributed by atoms with Crippen molar-refractivity contribution in [2.75, 3.05) is 0 Å². The van der Waals surface area contributed by atoms with E-state index < -0.39 is 0 Å². The number of carbonyl (C=O) groups excluding carboxylic acids is 1. The van der Waals surface area contributed by atoms with E-state index >= 15 is 0 Å². The van der Waals surface area contributed by atoms with Gasteiger partial charge in [0.05, 0.1) is 16.3 Å². The molecule has 0 radical (unpaired) electrons. The molecular weight excluding hydrogens is 259 g/mol. The summed E-state index contributed by atoms with van der Waals surface area (Å²) in [4.78, 5) is 11.3. The molecule has 0 aliphatic carbocycles. The van der Waals surface area contributed by atoms with Gasteiger partial charge in [-0.15, -0.1) is 0 Å². The summed E-state index contributed by atoms with van der Waals surface area (Å²) in [5.41, 5.74) is 3.23. The maximum absolute atomic E-state index is 11.3. The van der Waals surface area contributed by atoms with E-state index in [-0.39, 0.29) is 5.91 Å². The van der Waals surface area contributed by atoms with Gasteiger partial charge in [0, 0.05) is 6.42 Å². The van der Waals surface area contributed by atoms with Crippen LogP contribution in [0.1, 0.15) is 25.8 Å². The number of hydrogen-bond donors (Lipinski definition) is 1. The summed E-state index contributed by atoms with van der Waals surface area (Å²) < 4.78 is 0. The van der Waals surface area contributed by atoms with Gasteiger partial charge in [0.2, 0.25) is 5.91 Å². The molecular formula is C12H14Cl2N2O. The molecule has 3 nitrogen and oxygen atoms in total. The van der Waals surface area contributed by atoms with Crippen molar-refractivity contribution in [3.8, 4) is 0 Å². The van der Waals surface area contributed by atoms with E-state index in [2.05, 4.69) is 10.5 Å². The Kier molecular flexibility index (Phi) is 5.45. The number of hydrazone groups is 1. The summed E-state index contributed by atoms with van der Waals surface area (Å²) >= 11 is 11.6. The van der Waals surface area contributed by atoms with Crippen LogP contribution in [0.25, 0.3) is 0 Å². The average Bonchev–Trinajstić information content (AvgIpc) is 2.22. The minimum atomic E-state index is -0.101. The predicted molar refractivity (Wildman–Crippen MR) is 71.7 cm³/mol. The first kappa shape index (κ1) is 14.0. The van der Waals surface area contributed by atoms with E-state index in [1.54, 1.807) is 18.2 Å². The molecule has 0 aliphatic heterocycles. The zero-order chi connectivity index (χ0) is 12.8. The smallest absolute Gasteiger partial charge is 0.240 e. The van der Waals surface area contributed by atoms with Crippen molar-refractivity contribution in [3.05, 3.63) is 33.8 Å². The summed E-state index contributed by atoms with van der Waals surface area (Å²) in [6.07, 6.45) is 1.99. The van der Waals surface area contributed by atoms with Gasteiger partial charge in [-0.3, -0.25) is 4.79 Å². The maximum Gasteiger partial charge on any atom is 0.240 e. The second-order valence-corrected chi connectivity index (χ2v) is 4.88. The first-order valence-corrected chi connectivity index (χ1v) is 6.01. The van der Waals surface area contributed by atoms with Crippen LogP contribution in [0, 0.1) is 5.92 Å². The van der Waals surface area contributed by atoms with Crippen molar-refractivity contribution in [2.24, 2.45) is 11.0 Å². The Morgan fingerprint density at radius 1 is 1.41 bits per heavy atom. The molecule has 0 atom stereocenters. The molecule has 1 N–H and O–H groups in total. The van der Waals surface area contributed by atoms with Crippen LogP contribution in [0.4, 0.5) is 0 Å². The highest BCUT2D eigenvalue weighted by Gasteiger charge is 2.02. The quantitative estimate of drug-likeness (QED) is 0.662. The molecule has 1 aromatic rings. The zero-order valence-electron chi connectivity index (χ0n) is 9.71. The Morgan fingerprint density at radius 2 is 2.12 bits per heavy atom. The first-order valence-electron chi connectivity index (χ1n) is 5.26. The average molecular weight is 273 g/mol. The fourth-order valence-corrected chi connectivity index (χ4v) is 1.49. The molecule has 17 heavy (non-hydrogen) atoms. The van der Waals surface area contributed by atoms with Gasteiger partial charge in [-0.2, -0.15) is 5.10 Å². The number of rotatable bonds is 4. The van der Waals surface area contributed by atoms with E-state index in [9.17, 15) is 4.79 Å². The lowest BCUT2D eigenvalue weighted by Crippen LogP contribution is -2.19. The van der Waals surface area contributed by atoms with Crippen molar-refractivity contribution in [1.29, 1.82) is 0 Å². The number of carbonyl (C=O) groups is 1. The van der Waals surface area contributed by atoms with Gasteiger partial charge in [0.25, 0.3) is 0 Å². The van der Waals surface area contributed by atoms with Crippen LogP contribution in [0.3, 0.4) is 0 Å². The maximum atomic E-state index is 11.3. The third-order valence-electron chi connectivity index (χ3n) is 1.94. The van der Waals surface area contributed by atoms with E-state index in [1.807, 2.05) is 13.8 Å². The Balaban J connectivity index is 2.53. The molecule has 1 rings (SSSR count). The molecule has 1 aromatic carbocycles. The second-order valence-electron chi connectivity index (χ2n) is 4.06. The summed E-state index contributed by atoms with van der Waals surface area (Å²) in [6, 6.07) is 5.13. The van der Waals surface area contributed by atoms with E-state index in [0.717, 1.165) is 5.56 Å². The number of nitrogens with zero attached hydrogens (tertiary/aromatic N) is 1. The topological polar surface area (TPSA) is 41.5 Å². The minimum Gasteiger partial charge on any atom is -0.273 e. The van der Waals surface area contributed by atoms with E-state index in [0.29, 0.717) is 22.4 Å². The van der Waals surface area contributed by atoms with Crippen LogP contribution >= 0.6 is 23.2 Å². The van der Waals surface area contributed by atoms with E-state index in [4.69, 9.17) is 23.2 Å². The Morgan fingerprint density at radius 3 is 2.71 bits per heavy atom. The van der Waals surface area contributed by atoms with Gasteiger partial charge in [-0.25, -0.2) is 5.43 Å². The molecule has 92 valence electrons. The van der Waals surface area contributed by atoms with Crippen LogP contribution in [-0.4, -0.2) is 12.1 Å². The van der Waals surface area contributed by atoms with Crippen LogP contribution in [-0.2, 0) is 4.79 Å². The monoisotopic (exact) mass is 272 g/mol. The van der Waals surface area contributed by atoms with Crippen molar-refractivity contribution in [2.45, 2.75) is 20.3 Å².